The van der Waals surface area contributed by atoms with E-state index >= 15 is 0 Å². The van der Waals surface area contributed by atoms with Crippen molar-refractivity contribution in [2.45, 2.75) is 37.0 Å². The molecule has 2 N–H and O–H groups in total. The first-order valence-corrected chi connectivity index (χ1v) is 10.6. The van der Waals surface area contributed by atoms with Gasteiger partial charge in [-0.1, -0.05) is 0 Å². The van der Waals surface area contributed by atoms with Gasteiger partial charge in [0, 0.05) is 25.7 Å². The maximum Gasteiger partial charge on any atom is 0.243 e. The minimum atomic E-state index is -3.82. The van der Waals surface area contributed by atoms with Gasteiger partial charge in [-0.05, 0) is 39.0 Å². The summed E-state index contributed by atoms with van der Waals surface area (Å²) in [6, 6.07) is 3.20. The first-order valence-electron chi connectivity index (χ1n) is 7.59. The lowest BCUT2D eigenvalue weighted by Gasteiger charge is -2.31. The Hall–Kier alpha value is -1.23. The second-order valence-corrected chi connectivity index (χ2v) is 10.2. The molecule has 0 aromatic heterocycles. The average molecular weight is 379 g/mol. The highest BCUT2D eigenvalue weighted by Crippen LogP contribution is 2.24. The molecule has 1 aromatic carbocycles. The van der Waals surface area contributed by atoms with Crippen molar-refractivity contribution < 1.29 is 21.2 Å². The lowest BCUT2D eigenvalue weighted by Crippen LogP contribution is -2.51. The average Bonchev–Trinajstić information content (AvgIpc) is 2.49. The highest BCUT2D eigenvalue weighted by atomic mass is 32.2. The Morgan fingerprint density at radius 3 is 2.50 bits per heavy atom. The molecule has 7 nitrogen and oxygen atoms in total. The fourth-order valence-corrected chi connectivity index (χ4v) is 4.52. The van der Waals surface area contributed by atoms with E-state index in [-0.39, 0.29) is 16.6 Å². The zero-order chi connectivity index (χ0) is 18.1. The molecular formula is C14H22FN3O4S2. The number of hydrogen-bond acceptors (Lipinski definition) is 5. The van der Waals surface area contributed by atoms with Crippen molar-refractivity contribution in [1.29, 1.82) is 0 Å². The quantitative estimate of drug-likeness (QED) is 0.794. The monoisotopic (exact) mass is 379 g/mol. The third-order valence-electron chi connectivity index (χ3n) is 3.78. The van der Waals surface area contributed by atoms with Crippen molar-refractivity contribution >= 4 is 25.7 Å². The number of piperazine rings is 1. The van der Waals surface area contributed by atoms with E-state index in [1.807, 2.05) is 6.92 Å². The maximum absolute atomic E-state index is 14.2. The van der Waals surface area contributed by atoms with Crippen LogP contribution in [0.15, 0.2) is 23.1 Å². The number of rotatable bonds is 5. The van der Waals surface area contributed by atoms with Gasteiger partial charge in [-0.25, -0.2) is 21.2 Å². The van der Waals surface area contributed by atoms with Crippen molar-refractivity contribution in [2.75, 3.05) is 24.4 Å². The molecule has 24 heavy (non-hydrogen) atoms. The van der Waals surface area contributed by atoms with Crippen LogP contribution in [-0.4, -0.2) is 52.1 Å². The van der Waals surface area contributed by atoms with Crippen LogP contribution in [0, 0.1) is 5.82 Å². The lowest BCUT2D eigenvalue weighted by molar-refractivity contribution is 0.310. The van der Waals surface area contributed by atoms with Gasteiger partial charge in [0.15, 0.2) is 0 Å². The molecule has 1 aliphatic heterocycles. The second-order valence-electron chi connectivity index (χ2n) is 6.06. The Morgan fingerprint density at radius 2 is 1.96 bits per heavy atom. The summed E-state index contributed by atoms with van der Waals surface area (Å²) in [7, 11) is -7.53. The van der Waals surface area contributed by atoms with E-state index in [1.54, 1.807) is 0 Å². The zero-order valence-corrected chi connectivity index (χ0v) is 15.4. The summed E-state index contributed by atoms with van der Waals surface area (Å²) in [4.78, 5) is -0.193. The molecule has 0 aliphatic carbocycles. The molecule has 1 fully saturated rings. The van der Waals surface area contributed by atoms with Crippen molar-refractivity contribution in [2.24, 2.45) is 0 Å². The summed E-state index contributed by atoms with van der Waals surface area (Å²) in [6.45, 7) is 5.91. The van der Waals surface area contributed by atoms with Crippen LogP contribution in [-0.2, 0) is 20.0 Å². The van der Waals surface area contributed by atoms with Gasteiger partial charge in [-0.3, -0.25) is 4.72 Å². The van der Waals surface area contributed by atoms with E-state index in [0.717, 1.165) is 12.1 Å². The fourth-order valence-electron chi connectivity index (χ4n) is 2.27. The van der Waals surface area contributed by atoms with E-state index in [4.69, 9.17) is 0 Å². The molecule has 0 amide bonds. The van der Waals surface area contributed by atoms with Gasteiger partial charge < -0.3 is 5.32 Å². The zero-order valence-electron chi connectivity index (χ0n) is 13.8. The van der Waals surface area contributed by atoms with Gasteiger partial charge in [0.05, 0.1) is 15.8 Å². The summed E-state index contributed by atoms with van der Waals surface area (Å²) in [6.07, 6.45) is 0. The highest BCUT2D eigenvalue weighted by Gasteiger charge is 2.29. The highest BCUT2D eigenvalue weighted by molar-refractivity contribution is 7.93. The van der Waals surface area contributed by atoms with Crippen LogP contribution in [0.25, 0.3) is 0 Å². The normalized spacial score (nSPS) is 20.3. The number of halogens is 1. The van der Waals surface area contributed by atoms with E-state index in [9.17, 15) is 21.2 Å². The molecule has 2 rings (SSSR count). The molecule has 10 heteroatoms. The standard InChI is InChI=1S/C14H22FN3O4S2/c1-10(2)23(19,20)17-14-5-4-12(8-13(14)15)24(21,22)18-7-6-16-11(3)9-18/h4-5,8,10-11,16-17H,6-7,9H2,1-3H3. The topological polar surface area (TPSA) is 95.6 Å². The molecule has 0 saturated carbocycles. The summed E-state index contributed by atoms with van der Waals surface area (Å²) < 4.78 is 66.4. The van der Waals surface area contributed by atoms with Crippen molar-refractivity contribution in [3.8, 4) is 0 Å². The molecule has 1 unspecified atom stereocenters. The first-order chi connectivity index (χ1) is 11.0. The van der Waals surface area contributed by atoms with E-state index < -0.39 is 31.1 Å². The Labute approximate surface area is 142 Å². The largest absolute Gasteiger partial charge is 0.312 e. The molecule has 1 saturated heterocycles. The Balaban J connectivity index is 2.29. The van der Waals surface area contributed by atoms with Crippen LogP contribution in [0.3, 0.4) is 0 Å². The lowest BCUT2D eigenvalue weighted by atomic mass is 10.3. The van der Waals surface area contributed by atoms with E-state index in [2.05, 4.69) is 10.0 Å². The maximum atomic E-state index is 14.2. The fraction of sp³-hybridized carbons (Fsp3) is 0.571. The Morgan fingerprint density at radius 1 is 1.29 bits per heavy atom. The van der Waals surface area contributed by atoms with Gasteiger partial charge >= 0.3 is 0 Å². The smallest absolute Gasteiger partial charge is 0.243 e. The van der Waals surface area contributed by atoms with Crippen molar-refractivity contribution in [3.63, 3.8) is 0 Å². The molecule has 1 heterocycles. The molecule has 0 spiro atoms. The summed E-state index contributed by atoms with van der Waals surface area (Å²) in [5, 5.41) is 2.40. The number of hydrogen-bond donors (Lipinski definition) is 2. The molecule has 1 aliphatic rings. The van der Waals surface area contributed by atoms with Crippen LogP contribution in [0.2, 0.25) is 0 Å². The third-order valence-corrected chi connectivity index (χ3v) is 7.39. The van der Waals surface area contributed by atoms with E-state index in [1.165, 1.54) is 24.2 Å². The molecule has 1 atom stereocenters. The number of anilines is 1. The Bertz CT molecular complexity index is 809. The SMILES string of the molecule is CC1CN(S(=O)(=O)c2ccc(NS(=O)(=O)C(C)C)c(F)c2)CCN1. The number of nitrogens with zero attached hydrogens (tertiary/aromatic N) is 1. The first kappa shape index (κ1) is 19.1. The minimum absolute atomic E-state index is 0.00972. The van der Waals surface area contributed by atoms with Crippen molar-refractivity contribution in [3.05, 3.63) is 24.0 Å². The summed E-state index contributed by atoms with van der Waals surface area (Å²) in [5.74, 6) is -0.927. The molecule has 0 bridgehead atoms. The van der Waals surface area contributed by atoms with Crippen LogP contribution in [0.5, 0.6) is 0 Å². The summed E-state index contributed by atoms with van der Waals surface area (Å²) >= 11 is 0. The minimum Gasteiger partial charge on any atom is -0.312 e. The number of sulfonamides is 2. The molecule has 1 aromatic rings. The van der Waals surface area contributed by atoms with Gasteiger partial charge in [0.1, 0.15) is 5.82 Å². The van der Waals surface area contributed by atoms with Crippen LogP contribution >= 0.6 is 0 Å². The molecule has 136 valence electrons. The predicted molar refractivity (Wildman–Crippen MR) is 90.3 cm³/mol. The van der Waals surface area contributed by atoms with Gasteiger partial charge in [-0.15, -0.1) is 0 Å². The number of nitrogens with one attached hydrogen (secondary N) is 2. The molecular weight excluding hydrogens is 357 g/mol. The Kier molecular flexibility index (Phi) is 5.53. The summed E-state index contributed by atoms with van der Waals surface area (Å²) in [5.41, 5.74) is -0.267. The van der Waals surface area contributed by atoms with Gasteiger partial charge in [0.2, 0.25) is 20.0 Å². The van der Waals surface area contributed by atoms with Crippen LogP contribution < -0.4 is 10.0 Å². The third kappa shape index (κ3) is 4.05. The van der Waals surface area contributed by atoms with Crippen LogP contribution in [0.1, 0.15) is 20.8 Å². The van der Waals surface area contributed by atoms with Crippen molar-refractivity contribution in [1.82, 2.24) is 9.62 Å². The number of benzene rings is 1. The predicted octanol–water partition coefficient (Wildman–Crippen LogP) is 0.958. The van der Waals surface area contributed by atoms with Gasteiger partial charge in [0.25, 0.3) is 0 Å². The van der Waals surface area contributed by atoms with E-state index in [0.29, 0.717) is 19.6 Å². The van der Waals surface area contributed by atoms with Gasteiger partial charge in [-0.2, -0.15) is 4.31 Å². The molecule has 0 radical (unpaired) electrons. The second kappa shape index (κ2) is 6.95. The van der Waals surface area contributed by atoms with Crippen LogP contribution in [0.4, 0.5) is 10.1 Å².